The van der Waals surface area contributed by atoms with Crippen molar-refractivity contribution in [2.45, 2.75) is 32.2 Å². The van der Waals surface area contributed by atoms with Gasteiger partial charge in [0.15, 0.2) is 0 Å². The Bertz CT molecular complexity index is 365. The fraction of sp³-hybridized carbons (Fsp3) is 0.643. The first-order chi connectivity index (χ1) is 8.81. The van der Waals surface area contributed by atoms with E-state index in [0.29, 0.717) is 6.04 Å². The van der Waals surface area contributed by atoms with E-state index >= 15 is 0 Å². The van der Waals surface area contributed by atoms with Crippen LogP contribution in [0.4, 0.5) is 0 Å². The molecule has 2 saturated heterocycles. The average molecular weight is 249 g/mol. The summed E-state index contributed by atoms with van der Waals surface area (Å²) in [6.07, 6.45) is 6.98. The Balaban J connectivity index is 2.16. The second-order valence-electron chi connectivity index (χ2n) is 4.78. The molecule has 0 unspecified atom stereocenters. The van der Waals surface area contributed by atoms with E-state index in [1.54, 1.807) is 0 Å². The van der Waals surface area contributed by atoms with Gasteiger partial charge in [0, 0.05) is 49.7 Å². The second-order valence-corrected chi connectivity index (χ2v) is 4.78. The summed E-state index contributed by atoms with van der Waals surface area (Å²) >= 11 is 0. The summed E-state index contributed by atoms with van der Waals surface area (Å²) in [7, 11) is 0. The van der Waals surface area contributed by atoms with E-state index in [9.17, 15) is 0 Å². The maximum Gasteiger partial charge on any atom is 0.0546 e. The van der Waals surface area contributed by atoms with E-state index in [2.05, 4.69) is 5.32 Å². The van der Waals surface area contributed by atoms with Gasteiger partial charge in [-0.25, -0.2) is 0 Å². The first kappa shape index (κ1) is 13.3. The van der Waals surface area contributed by atoms with E-state index in [0.717, 1.165) is 51.3 Å². The molecule has 0 saturated carbocycles. The lowest BCUT2D eigenvalue weighted by Crippen LogP contribution is -2.34. The Labute approximate surface area is 109 Å². The highest BCUT2D eigenvalue weighted by Gasteiger charge is 2.19. The number of nitrogens with zero attached hydrogens (tertiary/aromatic N) is 1. The summed E-state index contributed by atoms with van der Waals surface area (Å²) in [6, 6.07) is 0.417. The van der Waals surface area contributed by atoms with Gasteiger partial charge in [-0.05, 0) is 25.8 Å². The zero-order valence-corrected chi connectivity index (χ0v) is 11.1. The van der Waals surface area contributed by atoms with Crippen LogP contribution in [0.3, 0.4) is 0 Å². The van der Waals surface area contributed by atoms with Gasteiger partial charge < -0.3 is 15.8 Å². The van der Waals surface area contributed by atoms with Gasteiger partial charge in [-0.15, -0.1) is 0 Å². The van der Waals surface area contributed by atoms with E-state index < -0.39 is 0 Å². The van der Waals surface area contributed by atoms with Crippen LogP contribution in [0.1, 0.15) is 26.2 Å². The van der Waals surface area contributed by atoms with Gasteiger partial charge >= 0.3 is 0 Å². The molecule has 18 heavy (non-hydrogen) atoms. The van der Waals surface area contributed by atoms with Gasteiger partial charge in [0.05, 0.1) is 6.04 Å². The number of hydrogen-bond acceptors (Lipinski definition) is 4. The Morgan fingerprint density at radius 1 is 1.44 bits per heavy atom. The zero-order chi connectivity index (χ0) is 12.8. The molecule has 2 heterocycles. The molecule has 100 valence electrons. The summed E-state index contributed by atoms with van der Waals surface area (Å²) in [6.45, 7) is 5.48. The Morgan fingerprint density at radius 3 is 2.94 bits per heavy atom. The van der Waals surface area contributed by atoms with Crippen molar-refractivity contribution in [1.29, 1.82) is 0 Å². The number of allylic oxidation sites excluding steroid dienone is 2. The fourth-order valence-corrected chi connectivity index (χ4v) is 2.40. The molecule has 0 bridgehead atoms. The van der Waals surface area contributed by atoms with Crippen molar-refractivity contribution in [3.63, 3.8) is 0 Å². The molecule has 0 atom stereocenters. The lowest BCUT2D eigenvalue weighted by Gasteiger charge is -2.24. The molecule has 2 aliphatic heterocycles. The highest BCUT2D eigenvalue weighted by Crippen LogP contribution is 2.16. The molecular formula is C14H23N3O. The summed E-state index contributed by atoms with van der Waals surface area (Å²) in [5.74, 6) is 0. The number of aliphatic imine (C=N–C) groups is 1. The van der Waals surface area contributed by atoms with Crippen molar-refractivity contribution < 1.29 is 4.74 Å². The van der Waals surface area contributed by atoms with Crippen LogP contribution in [-0.4, -0.2) is 38.1 Å². The molecule has 0 aliphatic carbocycles. The lowest BCUT2D eigenvalue weighted by molar-refractivity contribution is 0.0870. The summed E-state index contributed by atoms with van der Waals surface area (Å²) < 4.78 is 5.37. The number of nitrogens with one attached hydrogen (secondary N) is 1. The highest BCUT2D eigenvalue weighted by molar-refractivity contribution is 6.02. The van der Waals surface area contributed by atoms with Crippen LogP contribution < -0.4 is 11.1 Å². The van der Waals surface area contributed by atoms with Gasteiger partial charge in [0.25, 0.3) is 0 Å². The third-order valence-electron chi connectivity index (χ3n) is 3.41. The van der Waals surface area contributed by atoms with Crippen LogP contribution in [0.25, 0.3) is 0 Å². The third kappa shape index (κ3) is 3.43. The number of piperidine rings is 1. The molecule has 3 N–H and O–H groups in total. The van der Waals surface area contributed by atoms with Gasteiger partial charge in [-0.2, -0.15) is 0 Å². The zero-order valence-electron chi connectivity index (χ0n) is 11.1. The van der Waals surface area contributed by atoms with Gasteiger partial charge in [0.1, 0.15) is 0 Å². The lowest BCUT2D eigenvalue weighted by atomic mass is 10.00. The molecule has 0 radical (unpaired) electrons. The summed E-state index contributed by atoms with van der Waals surface area (Å²) in [5.41, 5.74) is 9.31. The number of nitrogens with two attached hydrogens (primary N) is 1. The Kier molecular flexibility index (Phi) is 4.96. The minimum absolute atomic E-state index is 0.417. The maximum absolute atomic E-state index is 6.10. The van der Waals surface area contributed by atoms with Crippen molar-refractivity contribution in [2.75, 3.05) is 26.3 Å². The van der Waals surface area contributed by atoms with Crippen LogP contribution in [0, 0.1) is 0 Å². The minimum atomic E-state index is 0.417. The van der Waals surface area contributed by atoms with Crippen LogP contribution in [-0.2, 0) is 4.74 Å². The molecule has 0 aromatic carbocycles. The van der Waals surface area contributed by atoms with Crippen LogP contribution >= 0.6 is 0 Å². The molecule has 4 nitrogen and oxygen atoms in total. The topological polar surface area (TPSA) is 59.6 Å². The molecule has 2 aliphatic rings. The molecule has 0 spiro atoms. The van der Waals surface area contributed by atoms with Crippen molar-refractivity contribution in [3.05, 3.63) is 23.4 Å². The molecule has 2 fully saturated rings. The molecular weight excluding hydrogens is 226 g/mol. The Morgan fingerprint density at radius 2 is 2.22 bits per heavy atom. The summed E-state index contributed by atoms with van der Waals surface area (Å²) in [5, 5.41) is 3.36. The maximum atomic E-state index is 6.10. The van der Waals surface area contributed by atoms with E-state index in [1.807, 2.05) is 19.1 Å². The number of hydrogen-bond donors (Lipinski definition) is 2. The largest absolute Gasteiger partial charge is 0.398 e. The third-order valence-corrected chi connectivity index (χ3v) is 3.41. The predicted molar refractivity (Wildman–Crippen MR) is 74.8 cm³/mol. The van der Waals surface area contributed by atoms with E-state index in [-0.39, 0.29) is 0 Å². The first-order valence-corrected chi connectivity index (χ1v) is 6.78. The van der Waals surface area contributed by atoms with Gasteiger partial charge in [-0.3, -0.25) is 4.99 Å². The number of rotatable bonds is 2. The van der Waals surface area contributed by atoms with Crippen molar-refractivity contribution in [3.8, 4) is 0 Å². The molecule has 4 heteroatoms. The van der Waals surface area contributed by atoms with Crippen LogP contribution in [0.5, 0.6) is 0 Å². The smallest absolute Gasteiger partial charge is 0.0546 e. The predicted octanol–water partition coefficient (Wildman–Crippen LogP) is 1.39. The molecule has 0 amide bonds. The summed E-state index contributed by atoms with van der Waals surface area (Å²) in [4.78, 5) is 4.90. The Hall–Kier alpha value is -1.13. The standard InChI is InChI=1S/C14H23N3O/c1-2-3-13(15)12-10-16-7-4-14(12)17-11-5-8-18-9-6-11/h2-3,11,16H,4-10,15H2,1H3/b3-2+,13-12-,17-14?. The van der Waals surface area contributed by atoms with Crippen molar-refractivity contribution >= 4 is 5.71 Å². The molecule has 0 aromatic rings. The van der Waals surface area contributed by atoms with Crippen molar-refractivity contribution in [1.82, 2.24) is 5.32 Å². The van der Waals surface area contributed by atoms with E-state index in [1.165, 1.54) is 11.3 Å². The van der Waals surface area contributed by atoms with Gasteiger partial charge in [0.2, 0.25) is 0 Å². The second kappa shape index (κ2) is 6.71. The molecule has 0 aromatic heterocycles. The highest BCUT2D eigenvalue weighted by atomic mass is 16.5. The monoisotopic (exact) mass is 249 g/mol. The number of ether oxygens (including phenoxy) is 1. The van der Waals surface area contributed by atoms with Gasteiger partial charge in [-0.1, -0.05) is 6.08 Å². The minimum Gasteiger partial charge on any atom is -0.398 e. The van der Waals surface area contributed by atoms with Crippen molar-refractivity contribution in [2.24, 2.45) is 10.7 Å². The van der Waals surface area contributed by atoms with E-state index in [4.69, 9.17) is 15.5 Å². The fourth-order valence-electron chi connectivity index (χ4n) is 2.40. The normalized spacial score (nSPS) is 27.9. The first-order valence-electron chi connectivity index (χ1n) is 6.78. The average Bonchev–Trinajstić information content (AvgIpc) is 2.41. The van der Waals surface area contributed by atoms with Crippen LogP contribution in [0.2, 0.25) is 0 Å². The SMILES string of the molecule is C/C=C/C(N)=C1\CNCCC1=NC1CCOCC1. The molecule has 2 rings (SSSR count). The van der Waals surface area contributed by atoms with Crippen LogP contribution in [0.15, 0.2) is 28.4 Å². The quantitative estimate of drug-likeness (QED) is 0.777.